The highest BCUT2D eigenvalue weighted by Gasteiger charge is 2.18. The number of aromatic hydroxyl groups is 1. The van der Waals surface area contributed by atoms with Crippen LogP contribution < -0.4 is 0 Å². The van der Waals surface area contributed by atoms with Gasteiger partial charge in [-0.15, -0.1) is 0 Å². The number of rotatable bonds is 11. The summed E-state index contributed by atoms with van der Waals surface area (Å²) in [7, 11) is 0. The molecule has 3 aromatic heterocycles. The molecule has 0 fully saturated rings. The summed E-state index contributed by atoms with van der Waals surface area (Å²) in [6.45, 7) is 1.85. The number of hydrogen-bond acceptors (Lipinski definition) is 4. The first-order valence-electron chi connectivity index (χ1n) is 24.1. The lowest BCUT2D eigenvalue weighted by molar-refractivity contribution is 0.470. The molecule has 6 nitrogen and oxygen atoms in total. The molecule has 12 aromatic rings. The third kappa shape index (κ3) is 8.48. The van der Waals surface area contributed by atoms with Crippen molar-refractivity contribution in [2.75, 3.05) is 0 Å². The van der Waals surface area contributed by atoms with E-state index in [-0.39, 0.29) is 5.75 Å². The van der Waals surface area contributed by atoms with Crippen LogP contribution in [0.1, 0.15) is 5.56 Å². The summed E-state index contributed by atoms with van der Waals surface area (Å²) in [6, 6.07) is 81.5. The number of hydrogen-bond donors (Lipinski definition) is 1. The Morgan fingerprint density at radius 3 is 1.00 bits per heavy atom. The fourth-order valence-electron chi connectivity index (χ4n) is 9.77. The van der Waals surface area contributed by atoms with Gasteiger partial charge in [0.2, 0.25) is 0 Å². The summed E-state index contributed by atoms with van der Waals surface area (Å²) in [5.74, 6) is 2.02. The molecule has 0 saturated carbocycles. The van der Waals surface area contributed by atoms with Crippen LogP contribution in [0.15, 0.2) is 262 Å². The second-order valence-electron chi connectivity index (χ2n) is 17.9. The Balaban J connectivity index is 0.969. The van der Waals surface area contributed by atoms with Gasteiger partial charge in [0.15, 0.2) is 0 Å². The highest BCUT2D eigenvalue weighted by molar-refractivity contribution is 5.94. The summed E-state index contributed by atoms with van der Waals surface area (Å²) in [5, 5.41) is 10.5. The van der Waals surface area contributed by atoms with Gasteiger partial charge in [-0.3, -0.25) is 14.1 Å². The summed E-state index contributed by atoms with van der Waals surface area (Å²) >= 11 is 0. The summed E-state index contributed by atoms with van der Waals surface area (Å²) < 4.78 is 4.26. The molecular weight excluding hydrogens is 879 g/mol. The lowest BCUT2D eigenvalue weighted by Gasteiger charge is -2.18. The second kappa shape index (κ2) is 19.0. The van der Waals surface area contributed by atoms with E-state index in [1.54, 1.807) is 12.3 Å². The third-order valence-electron chi connectivity index (χ3n) is 13.5. The Kier molecular flexibility index (Phi) is 11.5. The number of imidazole rings is 2. The van der Waals surface area contributed by atoms with E-state index in [4.69, 9.17) is 9.97 Å². The fourth-order valence-corrected chi connectivity index (χ4v) is 9.77. The maximum Gasteiger partial charge on any atom is 0.144 e. The quantitative estimate of drug-likeness (QED) is 0.140. The van der Waals surface area contributed by atoms with E-state index in [0.29, 0.717) is 0 Å². The fraction of sp³-hybridized carbons (Fsp3) is 0.0152. The minimum absolute atomic E-state index is 0.237. The van der Waals surface area contributed by atoms with Crippen molar-refractivity contribution >= 4 is 0 Å². The van der Waals surface area contributed by atoms with Gasteiger partial charge in [0, 0.05) is 70.7 Å². The van der Waals surface area contributed by atoms with E-state index in [0.717, 1.165) is 118 Å². The zero-order chi connectivity index (χ0) is 48.4. The first-order chi connectivity index (χ1) is 35.5. The van der Waals surface area contributed by atoms with Crippen LogP contribution >= 0.6 is 0 Å². The average Bonchev–Trinajstić information content (AvgIpc) is 4.16. The van der Waals surface area contributed by atoms with E-state index >= 15 is 0 Å². The molecule has 0 spiro atoms. The minimum atomic E-state index is 0.237. The van der Waals surface area contributed by atoms with E-state index < -0.39 is 0 Å². The SMILES string of the molecule is Cc1cnc(-c2ccc(-c3ccccc3-c3cc(-c4ccccc4-c4ccc(-c5nccn5-c5ccccc5)cc4)cc(-c4ccccc4-c4ccc(-c5nccn5-c5ccccc5)cc4)c3)cc2)cc1O. The number of benzene rings is 9. The Morgan fingerprint density at radius 2 is 0.639 bits per heavy atom. The summed E-state index contributed by atoms with van der Waals surface area (Å²) in [4.78, 5) is 14.1. The van der Waals surface area contributed by atoms with E-state index in [2.05, 4.69) is 202 Å². The third-order valence-corrected chi connectivity index (χ3v) is 13.5. The Bertz CT molecular complexity index is 3670. The molecule has 1 N–H and O–H groups in total. The standard InChI is InChI=1S/C66H47N5O/c1-45-44-69-63(43-64(45)72)49-30-24-46(25-31-49)57-18-8-11-21-60(57)52-40-53(61-22-12-9-19-58(61)47-26-32-50(33-27-47)65-67-36-38-70(65)55-14-4-2-5-15-55)42-54(41-52)62-23-13-10-20-59(62)48-28-34-51(35-29-48)66-68-37-39-71(66)56-16-6-3-7-17-56/h2-44H,1H3,(H,69,72). The number of para-hydroxylation sites is 2. The normalized spacial score (nSPS) is 11.2. The molecule has 0 aliphatic carbocycles. The molecule has 0 saturated heterocycles. The van der Waals surface area contributed by atoms with Crippen molar-refractivity contribution in [3.05, 3.63) is 267 Å². The molecule has 0 atom stereocenters. The minimum Gasteiger partial charge on any atom is -0.508 e. The van der Waals surface area contributed by atoms with Crippen LogP contribution in [0.25, 0.3) is 112 Å². The van der Waals surface area contributed by atoms with Crippen molar-refractivity contribution in [1.29, 1.82) is 0 Å². The first-order valence-corrected chi connectivity index (χ1v) is 24.1. The Morgan fingerprint density at radius 1 is 0.319 bits per heavy atom. The van der Waals surface area contributed by atoms with Crippen LogP contribution in [0.4, 0.5) is 0 Å². The van der Waals surface area contributed by atoms with E-state index in [1.807, 2.05) is 68.1 Å². The van der Waals surface area contributed by atoms with Crippen LogP contribution in [0, 0.1) is 6.92 Å². The van der Waals surface area contributed by atoms with Gasteiger partial charge in [-0.05, 0) is 116 Å². The van der Waals surface area contributed by atoms with Crippen LogP contribution in [-0.4, -0.2) is 29.2 Å². The topological polar surface area (TPSA) is 68.8 Å². The molecule has 0 bridgehead atoms. The highest BCUT2D eigenvalue weighted by Crippen LogP contribution is 2.43. The predicted octanol–water partition coefficient (Wildman–Crippen LogP) is 16.5. The molecule has 9 aromatic carbocycles. The number of pyridine rings is 1. The molecule has 342 valence electrons. The van der Waals surface area contributed by atoms with Crippen molar-refractivity contribution in [2.45, 2.75) is 6.92 Å². The Labute approximate surface area is 419 Å². The van der Waals surface area contributed by atoms with Gasteiger partial charge in [0.25, 0.3) is 0 Å². The zero-order valence-corrected chi connectivity index (χ0v) is 39.5. The van der Waals surface area contributed by atoms with Gasteiger partial charge >= 0.3 is 0 Å². The lowest BCUT2D eigenvalue weighted by Crippen LogP contribution is -1.96. The summed E-state index contributed by atoms with van der Waals surface area (Å²) in [6.07, 6.45) is 9.45. The number of aromatic nitrogens is 5. The van der Waals surface area contributed by atoms with Gasteiger partial charge in [0.1, 0.15) is 17.4 Å². The van der Waals surface area contributed by atoms with E-state index in [9.17, 15) is 5.11 Å². The van der Waals surface area contributed by atoms with Crippen molar-refractivity contribution < 1.29 is 5.11 Å². The van der Waals surface area contributed by atoms with Crippen LogP contribution in [-0.2, 0) is 0 Å². The predicted molar refractivity (Wildman–Crippen MR) is 294 cm³/mol. The van der Waals surface area contributed by atoms with E-state index in [1.165, 1.54) is 0 Å². The molecule has 0 unspecified atom stereocenters. The average molecular weight is 926 g/mol. The van der Waals surface area contributed by atoms with Crippen LogP contribution in [0.3, 0.4) is 0 Å². The summed E-state index contributed by atoms with van der Waals surface area (Å²) in [5.41, 5.74) is 20.0. The van der Waals surface area contributed by atoms with Crippen molar-refractivity contribution in [3.63, 3.8) is 0 Å². The monoisotopic (exact) mass is 925 g/mol. The van der Waals surface area contributed by atoms with Gasteiger partial charge in [0.05, 0.1) is 5.69 Å². The smallest absolute Gasteiger partial charge is 0.144 e. The van der Waals surface area contributed by atoms with Gasteiger partial charge in [-0.1, -0.05) is 182 Å². The molecule has 3 heterocycles. The van der Waals surface area contributed by atoms with Crippen molar-refractivity contribution in [3.8, 4) is 118 Å². The lowest BCUT2D eigenvalue weighted by atomic mass is 9.86. The molecular formula is C66H47N5O. The number of nitrogens with zero attached hydrogens (tertiary/aromatic N) is 5. The van der Waals surface area contributed by atoms with Gasteiger partial charge in [-0.2, -0.15) is 0 Å². The highest BCUT2D eigenvalue weighted by atomic mass is 16.3. The molecule has 0 aliphatic heterocycles. The largest absolute Gasteiger partial charge is 0.508 e. The second-order valence-corrected chi connectivity index (χ2v) is 17.9. The Hall–Kier alpha value is -9.65. The first kappa shape index (κ1) is 43.6. The molecule has 72 heavy (non-hydrogen) atoms. The maximum atomic E-state index is 10.5. The van der Waals surface area contributed by atoms with Crippen LogP contribution in [0.2, 0.25) is 0 Å². The molecule has 6 heteroatoms. The van der Waals surface area contributed by atoms with Crippen molar-refractivity contribution in [2.24, 2.45) is 0 Å². The van der Waals surface area contributed by atoms with Gasteiger partial charge < -0.3 is 5.11 Å². The van der Waals surface area contributed by atoms with Gasteiger partial charge in [-0.25, -0.2) is 9.97 Å². The number of aryl methyl sites for hydroxylation is 1. The maximum absolute atomic E-state index is 10.5. The zero-order valence-electron chi connectivity index (χ0n) is 39.5. The molecule has 0 aliphatic rings. The molecule has 12 rings (SSSR count). The van der Waals surface area contributed by atoms with Crippen LogP contribution in [0.5, 0.6) is 5.75 Å². The van der Waals surface area contributed by atoms with Crippen molar-refractivity contribution in [1.82, 2.24) is 24.1 Å². The molecule has 0 amide bonds. The molecule has 0 radical (unpaired) electrons.